The topological polar surface area (TPSA) is 135 Å². The average Bonchev–Trinajstić information content (AvgIpc) is 3.12. The molecule has 0 radical (unpaired) electrons. The number of piperazine rings is 1. The van der Waals surface area contributed by atoms with Gasteiger partial charge in [-0.2, -0.15) is 4.31 Å². The molecule has 0 bridgehead atoms. The molecule has 1 fully saturated rings. The van der Waals surface area contributed by atoms with Crippen LogP contribution in [-0.4, -0.2) is 76.5 Å². The van der Waals surface area contributed by atoms with Gasteiger partial charge in [0.1, 0.15) is 5.69 Å². The Morgan fingerprint density at radius 1 is 1.15 bits per heavy atom. The van der Waals surface area contributed by atoms with E-state index in [-0.39, 0.29) is 22.0 Å². The summed E-state index contributed by atoms with van der Waals surface area (Å²) in [6.45, 7) is 2.57. The van der Waals surface area contributed by atoms with Gasteiger partial charge in [-0.05, 0) is 37.7 Å². The molecule has 0 unspecified atom stereocenters. The third-order valence-electron chi connectivity index (χ3n) is 5.62. The van der Waals surface area contributed by atoms with Crippen LogP contribution in [0.2, 0.25) is 0 Å². The fourth-order valence-corrected chi connectivity index (χ4v) is 5.16. The third-order valence-corrected chi connectivity index (χ3v) is 7.51. The van der Waals surface area contributed by atoms with Crippen LogP contribution in [-0.2, 0) is 16.6 Å². The summed E-state index contributed by atoms with van der Waals surface area (Å²) in [5, 5.41) is 18.8. The SMILES string of the molecule is CN1CCN(S(=O)(=O)c2ccc(NCCCn3nc4ccccn4c3=O)c([N+](=O)[O-])c2)CC1. The number of sulfonamides is 1. The number of nitrogens with one attached hydrogen (secondary N) is 1. The van der Waals surface area contributed by atoms with Crippen LogP contribution in [0.15, 0.2) is 52.3 Å². The van der Waals surface area contributed by atoms with E-state index >= 15 is 0 Å². The van der Waals surface area contributed by atoms with Crippen molar-refractivity contribution in [2.75, 3.05) is 45.1 Å². The van der Waals surface area contributed by atoms with Crippen LogP contribution in [0.5, 0.6) is 0 Å². The zero-order chi connectivity index (χ0) is 23.6. The summed E-state index contributed by atoms with van der Waals surface area (Å²) in [5.41, 5.74) is 0.202. The van der Waals surface area contributed by atoms with Gasteiger partial charge in [0.05, 0.1) is 9.82 Å². The van der Waals surface area contributed by atoms with Crippen LogP contribution in [0, 0.1) is 10.1 Å². The molecule has 0 aliphatic carbocycles. The van der Waals surface area contributed by atoms with Crippen molar-refractivity contribution < 1.29 is 13.3 Å². The highest BCUT2D eigenvalue weighted by molar-refractivity contribution is 7.89. The van der Waals surface area contributed by atoms with Crippen molar-refractivity contribution in [3.8, 4) is 0 Å². The molecular weight excluding hydrogens is 450 g/mol. The van der Waals surface area contributed by atoms with Gasteiger partial charge in [-0.15, -0.1) is 5.10 Å². The summed E-state index contributed by atoms with van der Waals surface area (Å²) in [7, 11) is -1.89. The minimum Gasteiger partial charge on any atom is -0.379 e. The molecule has 0 atom stereocenters. The lowest BCUT2D eigenvalue weighted by Crippen LogP contribution is -2.47. The highest BCUT2D eigenvalue weighted by Gasteiger charge is 2.29. The van der Waals surface area contributed by atoms with Crippen molar-refractivity contribution in [2.45, 2.75) is 17.9 Å². The maximum Gasteiger partial charge on any atom is 0.350 e. The largest absolute Gasteiger partial charge is 0.379 e. The molecule has 3 aromatic rings. The minimum atomic E-state index is -3.81. The first-order valence-electron chi connectivity index (χ1n) is 10.5. The van der Waals surface area contributed by atoms with E-state index in [1.807, 2.05) is 11.9 Å². The molecule has 2 aromatic heterocycles. The number of nitrogens with zero attached hydrogens (tertiary/aromatic N) is 6. The quantitative estimate of drug-likeness (QED) is 0.288. The van der Waals surface area contributed by atoms with E-state index in [4.69, 9.17) is 0 Å². The van der Waals surface area contributed by atoms with Gasteiger partial charge in [-0.25, -0.2) is 17.9 Å². The van der Waals surface area contributed by atoms with Crippen LogP contribution >= 0.6 is 0 Å². The standard InChI is InChI=1S/C20H25N7O5S/c1-23-11-13-24(14-12-23)33(31,32)16-6-7-17(18(15-16)27(29)30)21-8-4-10-26-20(28)25-9-3-2-5-19(25)22-26/h2-3,5-7,9,15,21H,4,8,10-14H2,1H3. The number of aryl methyl sites for hydroxylation is 1. The van der Waals surface area contributed by atoms with Crippen LogP contribution < -0.4 is 11.0 Å². The molecule has 12 nitrogen and oxygen atoms in total. The van der Waals surface area contributed by atoms with E-state index < -0.39 is 14.9 Å². The highest BCUT2D eigenvalue weighted by atomic mass is 32.2. The Hall–Kier alpha value is -3.29. The van der Waals surface area contributed by atoms with Crippen LogP contribution in [0.1, 0.15) is 6.42 Å². The molecule has 1 aliphatic heterocycles. The van der Waals surface area contributed by atoms with Crippen molar-refractivity contribution in [3.63, 3.8) is 0 Å². The lowest BCUT2D eigenvalue weighted by molar-refractivity contribution is -0.384. The van der Waals surface area contributed by atoms with Gasteiger partial charge in [0.2, 0.25) is 10.0 Å². The van der Waals surface area contributed by atoms with Crippen molar-refractivity contribution in [3.05, 3.63) is 63.2 Å². The van der Waals surface area contributed by atoms with Gasteiger partial charge in [0.15, 0.2) is 5.65 Å². The number of pyridine rings is 1. The lowest BCUT2D eigenvalue weighted by atomic mass is 10.2. The summed E-state index contributed by atoms with van der Waals surface area (Å²) in [6.07, 6.45) is 2.13. The predicted molar refractivity (Wildman–Crippen MR) is 122 cm³/mol. The number of nitro groups is 1. The van der Waals surface area contributed by atoms with E-state index in [9.17, 15) is 23.3 Å². The van der Waals surface area contributed by atoms with Gasteiger partial charge in [-0.3, -0.25) is 14.5 Å². The molecule has 176 valence electrons. The summed E-state index contributed by atoms with van der Waals surface area (Å²) in [4.78, 5) is 25.3. The average molecular weight is 476 g/mol. The monoisotopic (exact) mass is 475 g/mol. The molecule has 0 amide bonds. The maximum absolute atomic E-state index is 12.9. The number of benzene rings is 1. The summed E-state index contributed by atoms with van der Waals surface area (Å²) in [6, 6.07) is 9.17. The van der Waals surface area contributed by atoms with Crippen molar-refractivity contribution in [1.29, 1.82) is 0 Å². The van der Waals surface area contributed by atoms with E-state index in [0.29, 0.717) is 51.3 Å². The molecule has 0 saturated carbocycles. The number of hydrogen-bond acceptors (Lipinski definition) is 8. The molecule has 1 saturated heterocycles. The van der Waals surface area contributed by atoms with Crippen LogP contribution in [0.3, 0.4) is 0 Å². The Bertz CT molecular complexity index is 1330. The summed E-state index contributed by atoms with van der Waals surface area (Å²) in [5.74, 6) is 0. The lowest BCUT2D eigenvalue weighted by Gasteiger charge is -2.31. The van der Waals surface area contributed by atoms with Gasteiger partial charge < -0.3 is 10.2 Å². The normalized spacial score (nSPS) is 15.7. The Balaban J connectivity index is 1.44. The van der Waals surface area contributed by atoms with Crippen molar-refractivity contribution in [2.24, 2.45) is 0 Å². The van der Waals surface area contributed by atoms with Gasteiger partial charge in [-0.1, -0.05) is 6.07 Å². The molecule has 0 spiro atoms. The van der Waals surface area contributed by atoms with Gasteiger partial charge in [0.25, 0.3) is 5.69 Å². The second-order valence-electron chi connectivity index (χ2n) is 7.86. The maximum atomic E-state index is 12.9. The molecule has 1 N–H and O–H groups in total. The zero-order valence-electron chi connectivity index (χ0n) is 18.1. The Morgan fingerprint density at radius 3 is 2.61 bits per heavy atom. The summed E-state index contributed by atoms with van der Waals surface area (Å²) < 4.78 is 30.0. The van der Waals surface area contributed by atoms with Crippen molar-refractivity contribution >= 4 is 27.0 Å². The Kier molecular flexibility index (Phi) is 6.44. The molecule has 13 heteroatoms. The third kappa shape index (κ3) is 4.74. The number of aromatic nitrogens is 3. The Morgan fingerprint density at radius 2 is 1.91 bits per heavy atom. The minimum absolute atomic E-state index is 0.0967. The van der Waals surface area contributed by atoms with Crippen molar-refractivity contribution in [1.82, 2.24) is 23.4 Å². The second-order valence-corrected chi connectivity index (χ2v) is 9.80. The van der Waals surface area contributed by atoms with E-state index in [1.165, 1.54) is 25.5 Å². The zero-order valence-corrected chi connectivity index (χ0v) is 18.9. The number of fused-ring (bicyclic) bond motifs is 1. The first-order chi connectivity index (χ1) is 15.8. The number of rotatable bonds is 8. The summed E-state index contributed by atoms with van der Waals surface area (Å²) >= 11 is 0. The van der Waals surface area contributed by atoms with Crippen LogP contribution in [0.25, 0.3) is 5.65 Å². The molecular formula is C20H25N7O5S. The molecule has 33 heavy (non-hydrogen) atoms. The van der Waals surface area contributed by atoms with E-state index in [2.05, 4.69) is 10.4 Å². The first-order valence-corrected chi connectivity index (χ1v) is 12.0. The van der Waals surface area contributed by atoms with E-state index in [1.54, 1.807) is 24.4 Å². The van der Waals surface area contributed by atoms with Crippen LogP contribution in [0.4, 0.5) is 11.4 Å². The number of anilines is 1. The fourth-order valence-electron chi connectivity index (χ4n) is 3.72. The number of hydrogen-bond donors (Lipinski definition) is 1. The smallest absolute Gasteiger partial charge is 0.350 e. The number of nitro benzene ring substituents is 1. The predicted octanol–water partition coefficient (Wildman–Crippen LogP) is 0.842. The first kappa shape index (κ1) is 22.9. The number of likely N-dealkylation sites (N-methyl/N-ethyl adjacent to an activating group) is 1. The molecule has 4 rings (SSSR count). The fraction of sp³-hybridized carbons (Fsp3) is 0.400. The molecule has 1 aliphatic rings. The highest BCUT2D eigenvalue weighted by Crippen LogP contribution is 2.29. The van der Waals surface area contributed by atoms with Gasteiger partial charge >= 0.3 is 5.69 Å². The van der Waals surface area contributed by atoms with E-state index in [0.717, 1.165) is 6.07 Å². The molecule has 3 heterocycles. The van der Waals surface area contributed by atoms with Gasteiger partial charge in [0, 0.05) is 51.5 Å². The Labute approximate surface area is 190 Å². The second kappa shape index (κ2) is 9.29. The molecule has 1 aromatic carbocycles.